The normalized spacial score (nSPS) is 10.8. The molecule has 0 aliphatic carbocycles. The summed E-state index contributed by atoms with van der Waals surface area (Å²) in [5.41, 5.74) is 2.42. The van der Waals surface area contributed by atoms with Crippen molar-refractivity contribution in [1.82, 2.24) is 4.57 Å². The molecule has 3 radical (unpaired) electrons. The summed E-state index contributed by atoms with van der Waals surface area (Å²) in [5, 5.41) is 2.37. The van der Waals surface area contributed by atoms with Crippen molar-refractivity contribution in [3.05, 3.63) is 60.8 Å². The van der Waals surface area contributed by atoms with E-state index in [9.17, 15) is 0 Å². The van der Waals surface area contributed by atoms with E-state index in [0.717, 1.165) is 5.19 Å². The Morgan fingerprint density at radius 2 is 1.56 bits per heavy atom. The Hall–Kier alpha value is -1.80. The fourth-order valence-electron chi connectivity index (χ4n) is 1.93. The second kappa shape index (κ2) is 3.65. The van der Waals surface area contributed by atoms with Crippen molar-refractivity contribution in [3.8, 4) is 5.69 Å². The number of fused-ring (bicyclic) bond motifs is 1. The van der Waals surface area contributed by atoms with Crippen LogP contribution in [0.1, 0.15) is 0 Å². The number of aromatic nitrogens is 1. The third-order valence-corrected chi connectivity index (χ3v) is 3.08. The first kappa shape index (κ1) is 9.42. The highest BCUT2D eigenvalue weighted by molar-refractivity contribution is 6.32. The van der Waals surface area contributed by atoms with Crippen LogP contribution in [0.3, 0.4) is 0 Å². The average Bonchev–Trinajstić information content (AvgIpc) is 2.74. The minimum atomic E-state index is 1.10. The topological polar surface area (TPSA) is 4.93 Å². The summed E-state index contributed by atoms with van der Waals surface area (Å²) in [6.45, 7) is 0. The van der Waals surface area contributed by atoms with Gasteiger partial charge in [-0.05, 0) is 29.7 Å². The summed E-state index contributed by atoms with van der Waals surface area (Å²) in [5.74, 6) is 0. The van der Waals surface area contributed by atoms with E-state index in [-0.39, 0.29) is 0 Å². The van der Waals surface area contributed by atoms with E-state index in [2.05, 4.69) is 75.6 Å². The third-order valence-electron chi connectivity index (χ3n) is 2.74. The van der Waals surface area contributed by atoms with Crippen LogP contribution < -0.4 is 5.19 Å². The van der Waals surface area contributed by atoms with Crippen LogP contribution in [0.25, 0.3) is 16.6 Å². The summed E-state index contributed by atoms with van der Waals surface area (Å²) in [6.07, 6.45) is 2.10. The molecule has 0 N–H and O–H groups in total. The van der Waals surface area contributed by atoms with E-state index in [1.165, 1.54) is 16.6 Å². The zero-order chi connectivity index (χ0) is 11.0. The van der Waals surface area contributed by atoms with Crippen molar-refractivity contribution >= 4 is 26.3 Å². The molecule has 1 aromatic heterocycles. The van der Waals surface area contributed by atoms with Gasteiger partial charge in [-0.15, -0.1) is 0 Å². The van der Waals surface area contributed by atoms with Gasteiger partial charge in [0, 0.05) is 11.9 Å². The predicted octanol–water partition coefficient (Wildman–Crippen LogP) is 2.42. The summed E-state index contributed by atoms with van der Waals surface area (Å²) in [6, 6.07) is 18.9. The first-order valence-corrected chi connectivity index (χ1v) is 5.73. The Balaban J connectivity index is 2.22. The molecule has 2 heteroatoms. The van der Waals surface area contributed by atoms with Crippen LogP contribution in [-0.2, 0) is 0 Å². The van der Waals surface area contributed by atoms with Gasteiger partial charge in [0.05, 0.1) is 15.8 Å². The maximum Gasteiger partial charge on any atom is 0.0711 e. The van der Waals surface area contributed by atoms with Crippen molar-refractivity contribution in [3.63, 3.8) is 0 Å². The molecular formula is C14H10NSi. The highest BCUT2D eigenvalue weighted by Crippen LogP contribution is 2.19. The summed E-state index contributed by atoms with van der Waals surface area (Å²) in [7, 11) is 3.50. The predicted molar refractivity (Wildman–Crippen MR) is 68.7 cm³/mol. The van der Waals surface area contributed by atoms with Crippen molar-refractivity contribution < 1.29 is 0 Å². The molecule has 2 aromatic carbocycles. The largest absolute Gasteiger partial charge is 0.317 e. The van der Waals surface area contributed by atoms with Crippen molar-refractivity contribution in [2.45, 2.75) is 0 Å². The van der Waals surface area contributed by atoms with Crippen LogP contribution in [-0.4, -0.2) is 14.8 Å². The maximum absolute atomic E-state index is 3.50. The molecule has 0 unspecified atom stereocenters. The lowest BCUT2D eigenvalue weighted by Gasteiger charge is -2.05. The Labute approximate surface area is 97.8 Å². The standard InChI is InChI=1S/C14H10NSi/c16-13-7-5-12(6-8-13)15-10-9-11-3-1-2-4-14(11)15/h1-10H. The molecule has 0 bridgehead atoms. The molecule has 1 nitrogen and oxygen atoms in total. The summed E-state index contributed by atoms with van der Waals surface area (Å²) >= 11 is 0. The van der Waals surface area contributed by atoms with Crippen LogP contribution in [0.2, 0.25) is 0 Å². The molecule has 3 aromatic rings. The molecular weight excluding hydrogens is 210 g/mol. The highest BCUT2D eigenvalue weighted by Gasteiger charge is 2.01. The molecule has 0 amide bonds. The number of hydrogen-bond donors (Lipinski definition) is 0. The van der Waals surface area contributed by atoms with Crippen molar-refractivity contribution in [2.24, 2.45) is 0 Å². The van der Waals surface area contributed by atoms with E-state index in [0.29, 0.717) is 0 Å². The molecule has 0 fully saturated rings. The Morgan fingerprint density at radius 1 is 0.812 bits per heavy atom. The lowest BCUT2D eigenvalue weighted by Crippen LogP contribution is -2.01. The molecule has 75 valence electrons. The van der Waals surface area contributed by atoms with Gasteiger partial charge in [-0.1, -0.05) is 35.5 Å². The zero-order valence-electron chi connectivity index (χ0n) is 8.72. The van der Waals surface area contributed by atoms with Crippen LogP contribution in [0.5, 0.6) is 0 Å². The minimum absolute atomic E-state index is 1.10. The summed E-state index contributed by atoms with van der Waals surface area (Å²) < 4.78 is 2.20. The lowest BCUT2D eigenvalue weighted by atomic mass is 10.2. The molecule has 1 heterocycles. The fraction of sp³-hybridized carbons (Fsp3) is 0. The first-order chi connectivity index (χ1) is 7.84. The van der Waals surface area contributed by atoms with E-state index >= 15 is 0 Å². The lowest BCUT2D eigenvalue weighted by molar-refractivity contribution is 1.13. The average molecular weight is 220 g/mol. The second-order valence-electron chi connectivity index (χ2n) is 3.79. The SMILES string of the molecule is [Si]c1ccc(-n2ccc3ccccc32)cc1. The van der Waals surface area contributed by atoms with Gasteiger partial charge in [0.25, 0.3) is 0 Å². The van der Waals surface area contributed by atoms with E-state index in [4.69, 9.17) is 0 Å². The van der Waals surface area contributed by atoms with Gasteiger partial charge >= 0.3 is 0 Å². The van der Waals surface area contributed by atoms with Crippen LogP contribution in [0.15, 0.2) is 60.8 Å². The first-order valence-electron chi connectivity index (χ1n) is 5.23. The number of rotatable bonds is 1. The fourth-order valence-corrected chi connectivity index (χ4v) is 2.10. The molecule has 0 saturated heterocycles. The van der Waals surface area contributed by atoms with Gasteiger partial charge in [-0.3, -0.25) is 0 Å². The van der Waals surface area contributed by atoms with Crippen LogP contribution in [0, 0.1) is 0 Å². The van der Waals surface area contributed by atoms with Crippen LogP contribution in [0.4, 0.5) is 0 Å². The molecule has 0 atom stereocenters. The zero-order valence-corrected chi connectivity index (χ0v) is 9.72. The molecule has 0 spiro atoms. The minimum Gasteiger partial charge on any atom is -0.317 e. The monoisotopic (exact) mass is 220 g/mol. The van der Waals surface area contributed by atoms with Gasteiger partial charge in [0.15, 0.2) is 0 Å². The van der Waals surface area contributed by atoms with E-state index < -0.39 is 0 Å². The Morgan fingerprint density at radius 3 is 2.38 bits per heavy atom. The Bertz CT molecular complexity index is 623. The quantitative estimate of drug-likeness (QED) is 0.555. The molecule has 16 heavy (non-hydrogen) atoms. The van der Waals surface area contributed by atoms with Gasteiger partial charge in [-0.25, -0.2) is 0 Å². The van der Waals surface area contributed by atoms with E-state index in [1.807, 2.05) is 0 Å². The maximum atomic E-state index is 3.50. The van der Waals surface area contributed by atoms with Gasteiger partial charge in [0.2, 0.25) is 0 Å². The van der Waals surface area contributed by atoms with Gasteiger partial charge in [-0.2, -0.15) is 0 Å². The second-order valence-corrected chi connectivity index (χ2v) is 4.37. The molecule has 0 saturated carbocycles. The number of hydrogen-bond acceptors (Lipinski definition) is 0. The summed E-state index contributed by atoms with van der Waals surface area (Å²) in [4.78, 5) is 0. The molecule has 3 rings (SSSR count). The van der Waals surface area contributed by atoms with Gasteiger partial charge in [0.1, 0.15) is 0 Å². The Kier molecular flexibility index (Phi) is 2.15. The van der Waals surface area contributed by atoms with Gasteiger partial charge < -0.3 is 4.57 Å². The smallest absolute Gasteiger partial charge is 0.0711 e. The number of nitrogens with zero attached hydrogens (tertiary/aromatic N) is 1. The number of benzene rings is 2. The molecule has 0 aliphatic rings. The van der Waals surface area contributed by atoms with Crippen LogP contribution >= 0.6 is 0 Å². The molecule has 0 aliphatic heterocycles. The van der Waals surface area contributed by atoms with E-state index in [1.54, 1.807) is 0 Å². The van der Waals surface area contributed by atoms with Crippen molar-refractivity contribution in [2.75, 3.05) is 0 Å². The van der Waals surface area contributed by atoms with Crippen molar-refractivity contribution in [1.29, 1.82) is 0 Å². The number of para-hydroxylation sites is 1. The highest BCUT2D eigenvalue weighted by atomic mass is 28.1. The third kappa shape index (κ3) is 1.48.